The number of aromatic nitrogens is 3. The lowest BCUT2D eigenvalue weighted by molar-refractivity contribution is -0.113. The Morgan fingerprint density at radius 3 is 2.52 bits per heavy atom. The highest BCUT2D eigenvalue weighted by Crippen LogP contribution is 2.25. The second kappa shape index (κ2) is 10.4. The predicted octanol–water partition coefficient (Wildman–Crippen LogP) is 3.62. The first-order chi connectivity index (χ1) is 15.0. The van der Waals surface area contributed by atoms with Crippen LogP contribution in [0.3, 0.4) is 0 Å². The summed E-state index contributed by atoms with van der Waals surface area (Å²) >= 11 is 1.28. The molecule has 0 aliphatic carbocycles. The first-order valence-corrected chi connectivity index (χ1v) is 10.6. The van der Waals surface area contributed by atoms with Crippen molar-refractivity contribution in [3.05, 3.63) is 66.7 Å². The van der Waals surface area contributed by atoms with Crippen molar-refractivity contribution in [2.24, 2.45) is 0 Å². The molecule has 0 aliphatic rings. The summed E-state index contributed by atoms with van der Waals surface area (Å²) in [6.07, 6.45) is 1.75. The number of rotatable bonds is 9. The van der Waals surface area contributed by atoms with E-state index in [4.69, 9.17) is 10.5 Å². The SMILES string of the molecule is C=CCn1c(SCC(=O)Nc2ccc(C(=O)OCC)cc2)nnc1-c1ccc(N)cc1. The van der Waals surface area contributed by atoms with Gasteiger partial charge < -0.3 is 15.8 Å². The third-order valence-corrected chi connectivity index (χ3v) is 5.18. The fourth-order valence-corrected chi connectivity index (χ4v) is 3.51. The number of carbonyl (C=O) groups excluding carboxylic acids is 2. The summed E-state index contributed by atoms with van der Waals surface area (Å²) in [5.74, 6) is 0.235. The van der Waals surface area contributed by atoms with E-state index in [0.717, 1.165) is 5.56 Å². The zero-order chi connectivity index (χ0) is 22.2. The monoisotopic (exact) mass is 437 g/mol. The minimum atomic E-state index is -0.394. The van der Waals surface area contributed by atoms with E-state index >= 15 is 0 Å². The van der Waals surface area contributed by atoms with Crippen molar-refractivity contribution in [1.82, 2.24) is 14.8 Å². The molecule has 31 heavy (non-hydrogen) atoms. The lowest BCUT2D eigenvalue weighted by Gasteiger charge is -2.09. The third-order valence-electron chi connectivity index (χ3n) is 4.21. The van der Waals surface area contributed by atoms with Gasteiger partial charge in [-0.25, -0.2) is 4.79 Å². The normalized spacial score (nSPS) is 10.5. The zero-order valence-electron chi connectivity index (χ0n) is 17.1. The van der Waals surface area contributed by atoms with Crippen molar-refractivity contribution in [1.29, 1.82) is 0 Å². The van der Waals surface area contributed by atoms with Crippen molar-refractivity contribution in [2.45, 2.75) is 18.6 Å². The van der Waals surface area contributed by atoms with Gasteiger partial charge in [0.05, 0.1) is 17.9 Å². The molecule has 8 nitrogen and oxygen atoms in total. The first-order valence-electron chi connectivity index (χ1n) is 9.61. The molecule has 3 N–H and O–H groups in total. The Labute approximate surface area is 184 Å². The van der Waals surface area contributed by atoms with Crippen LogP contribution >= 0.6 is 11.8 Å². The molecule has 0 radical (unpaired) electrons. The maximum atomic E-state index is 12.4. The van der Waals surface area contributed by atoms with E-state index in [1.54, 1.807) is 49.4 Å². The highest BCUT2D eigenvalue weighted by molar-refractivity contribution is 7.99. The average Bonchev–Trinajstić information content (AvgIpc) is 3.16. The van der Waals surface area contributed by atoms with Gasteiger partial charge in [0.2, 0.25) is 5.91 Å². The van der Waals surface area contributed by atoms with Crippen LogP contribution in [0.1, 0.15) is 17.3 Å². The van der Waals surface area contributed by atoms with Gasteiger partial charge in [0.15, 0.2) is 11.0 Å². The number of carbonyl (C=O) groups is 2. The van der Waals surface area contributed by atoms with Crippen LogP contribution < -0.4 is 11.1 Å². The average molecular weight is 438 g/mol. The van der Waals surface area contributed by atoms with E-state index in [1.807, 2.05) is 16.7 Å². The predicted molar refractivity (Wildman–Crippen MR) is 122 cm³/mol. The molecule has 0 saturated carbocycles. The van der Waals surface area contributed by atoms with Crippen molar-refractivity contribution in [3.8, 4) is 11.4 Å². The molecular formula is C22H23N5O3S. The minimum absolute atomic E-state index is 0.149. The molecule has 9 heteroatoms. The molecule has 3 aromatic rings. The van der Waals surface area contributed by atoms with E-state index in [2.05, 4.69) is 22.1 Å². The summed E-state index contributed by atoms with van der Waals surface area (Å²) in [5.41, 5.74) is 8.32. The van der Waals surface area contributed by atoms with Gasteiger partial charge in [0, 0.05) is 23.5 Å². The number of hydrogen-bond donors (Lipinski definition) is 2. The van der Waals surface area contributed by atoms with E-state index in [-0.39, 0.29) is 11.7 Å². The molecule has 0 atom stereocenters. The second-order valence-corrected chi connectivity index (χ2v) is 7.40. The first kappa shape index (κ1) is 22.1. The van der Waals surface area contributed by atoms with E-state index in [0.29, 0.717) is 41.1 Å². The number of thioether (sulfide) groups is 1. The highest BCUT2D eigenvalue weighted by atomic mass is 32.2. The van der Waals surface area contributed by atoms with Crippen molar-refractivity contribution >= 4 is 35.0 Å². The molecule has 0 spiro atoms. The second-order valence-electron chi connectivity index (χ2n) is 6.46. The fourth-order valence-electron chi connectivity index (χ4n) is 2.77. The molecule has 1 aromatic heterocycles. The smallest absolute Gasteiger partial charge is 0.338 e. The van der Waals surface area contributed by atoms with Gasteiger partial charge in [-0.1, -0.05) is 17.8 Å². The van der Waals surface area contributed by atoms with Crippen LogP contribution in [0.4, 0.5) is 11.4 Å². The molecule has 160 valence electrons. The number of ether oxygens (including phenoxy) is 1. The van der Waals surface area contributed by atoms with E-state index < -0.39 is 5.97 Å². The highest BCUT2D eigenvalue weighted by Gasteiger charge is 2.15. The topological polar surface area (TPSA) is 112 Å². The minimum Gasteiger partial charge on any atom is -0.462 e. The standard InChI is InChI=1S/C22H23N5O3S/c1-3-13-27-20(15-5-9-17(23)10-6-15)25-26-22(27)31-14-19(28)24-18-11-7-16(8-12-18)21(29)30-4-2/h3,5-12H,1,4,13-14,23H2,2H3,(H,24,28). The molecule has 0 aliphatic heterocycles. The molecular weight excluding hydrogens is 414 g/mol. The number of benzene rings is 2. The van der Waals surface area contributed by atoms with Crippen molar-refractivity contribution in [3.63, 3.8) is 0 Å². The summed E-state index contributed by atoms with van der Waals surface area (Å²) in [4.78, 5) is 24.1. The van der Waals surface area contributed by atoms with Crippen LogP contribution in [0.5, 0.6) is 0 Å². The van der Waals surface area contributed by atoms with Gasteiger partial charge in [-0.3, -0.25) is 9.36 Å². The van der Waals surface area contributed by atoms with Crippen LogP contribution in [0.2, 0.25) is 0 Å². The summed E-state index contributed by atoms with van der Waals surface area (Å²) in [7, 11) is 0. The van der Waals surface area contributed by atoms with Gasteiger partial charge in [-0.05, 0) is 55.5 Å². The van der Waals surface area contributed by atoms with Crippen LogP contribution in [0.15, 0.2) is 66.3 Å². The van der Waals surface area contributed by atoms with Crippen LogP contribution in [0, 0.1) is 0 Å². The summed E-state index contributed by atoms with van der Waals surface area (Å²) in [6, 6.07) is 13.9. The third kappa shape index (κ3) is 5.73. The maximum Gasteiger partial charge on any atom is 0.338 e. The Bertz CT molecular complexity index is 1060. The molecule has 0 saturated heterocycles. The zero-order valence-corrected chi connectivity index (χ0v) is 17.9. The molecule has 0 fully saturated rings. The Balaban J connectivity index is 1.64. The number of nitrogens with zero attached hydrogens (tertiary/aromatic N) is 3. The number of allylic oxidation sites excluding steroid dienone is 1. The number of esters is 1. The van der Waals surface area contributed by atoms with Crippen LogP contribution in [-0.4, -0.2) is 39.0 Å². The number of amides is 1. The van der Waals surface area contributed by atoms with E-state index in [1.165, 1.54) is 11.8 Å². The van der Waals surface area contributed by atoms with Crippen LogP contribution in [0.25, 0.3) is 11.4 Å². The lowest BCUT2D eigenvalue weighted by atomic mass is 10.2. The van der Waals surface area contributed by atoms with Crippen LogP contribution in [-0.2, 0) is 16.1 Å². The summed E-state index contributed by atoms with van der Waals surface area (Å²) < 4.78 is 6.84. The molecule has 0 unspecified atom stereocenters. The van der Waals surface area contributed by atoms with Gasteiger partial charge in [-0.2, -0.15) is 0 Å². The number of hydrogen-bond acceptors (Lipinski definition) is 7. The Kier molecular flexibility index (Phi) is 7.45. The Morgan fingerprint density at radius 1 is 1.16 bits per heavy atom. The Morgan fingerprint density at radius 2 is 1.87 bits per heavy atom. The van der Waals surface area contributed by atoms with Gasteiger partial charge in [-0.15, -0.1) is 16.8 Å². The Hall–Kier alpha value is -3.59. The molecule has 3 rings (SSSR count). The molecule has 0 bridgehead atoms. The number of nitrogens with two attached hydrogens (primary N) is 1. The van der Waals surface area contributed by atoms with Gasteiger partial charge in [0.25, 0.3) is 0 Å². The molecule has 1 heterocycles. The summed E-state index contributed by atoms with van der Waals surface area (Å²) in [6.45, 7) is 6.36. The van der Waals surface area contributed by atoms with Gasteiger partial charge >= 0.3 is 5.97 Å². The van der Waals surface area contributed by atoms with Crippen molar-refractivity contribution in [2.75, 3.05) is 23.4 Å². The largest absolute Gasteiger partial charge is 0.462 e. The summed E-state index contributed by atoms with van der Waals surface area (Å²) in [5, 5.41) is 11.9. The van der Waals surface area contributed by atoms with Gasteiger partial charge in [0.1, 0.15) is 0 Å². The lowest BCUT2D eigenvalue weighted by Crippen LogP contribution is -2.15. The van der Waals surface area contributed by atoms with Crippen molar-refractivity contribution < 1.29 is 14.3 Å². The molecule has 2 aromatic carbocycles. The number of nitrogens with one attached hydrogen (secondary N) is 1. The fraction of sp³-hybridized carbons (Fsp3) is 0.182. The maximum absolute atomic E-state index is 12.4. The molecule has 1 amide bonds. The number of nitrogen functional groups attached to an aromatic ring is 1. The number of anilines is 2. The van der Waals surface area contributed by atoms with E-state index in [9.17, 15) is 9.59 Å². The quantitative estimate of drug-likeness (QED) is 0.228.